The Morgan fingerprint density at radius 1 is 1.04 bits per heavy atom. The van der Waals surface area contributed by atoms with E-state index in [2.05, 4.69) is 5.32 Å². The van der Waals surface area contributed by atoms with Crippen LogP contribution in [0.5, 0.6) is 5.75 Å². The zero-order valence-corrected chi connectivity index (χ0v) is 16.0. The number of benzene rings is 3. The van der Waals surface area contributed by atoms with Crippen LogP contribution in [0, 0.1) is 5.82 Å². The molecular formula is C22H14Cl2FNO2. The molecule has 0 saturated carbocycles. The highest BCUT2D eigenvalue weighted by atomic mass is 35.5. The summed E-state index contributed by atoms with van der Waals surface area (Å²) in [5.41, 5.74) is 3.23. The monoisotopic (exact) mass is 413 g/mol. The number of hydrogen-bond acceptors (Lipinski definition) is 2. The van der Waals surface area contributed by atoms with E-state index >= 15 is 0 Å². The van der Waals surface area contributed by atoms with Gasteiger partial charge >= 0.3 is 0 Å². The van der Waals surface area contributed by atoms with Crippen molar-refractivity contribution >= 4 is 46.4 Å². The Morgan fingerprint density at radius 2 is 1.82 bits per heavy atom. The maximum atomic E-state index is 13.8. The predicted molar refractivity (Wildman–Crippen MR) is 110 cm³/mol. The van der Waals surface area contributed by atoms with Crippen LogP contribution in [-0.2, 0) is 11.4 Å². The summed E-state index contributed by atoms with van der Waals surface area (Å²) in [5.74, 6) is -0.00354. The molecule has 0 atom stereocenters. The van der Waals surface area contributed by atoms with Gasteiger partial charge in [-0.1, -0.05) is 47.5 Å². The van der Waals surface area contributed by atoms with Crippen molar-refractivity contribution in [1.82, 2.24) is 0 Å². The van der Waals surface area contributed by atoms with E-state index in [4.69, 9.17) is 27.9 Å². The molecule has 0 radical (unpaired) electrons. The smallest absolute Gasteiger partial charge is 0.256 e. The Kier molecular flexibility index (Phi) is 5.07. The summed E-state index contributed by atoms with van der Waals surface area (Å²) in [5, 5.41) is 3.70. The maximum Gasteiger partial charge on any atom is 0.256 e. The molecule has 1 aliphatic rings. The fourth-order valence-electron chi connectivity index (χ4n) is 2.96. The molecular weight excluding hydrogens is 400 g/mol. The molecule has 6 heteroatoms. The zero-order chi connectivity index (χ0) is 19.7. The minimum Gasteiger partial charge on any atom is -0.489 e. The molecule has 3 aromatic carbocycles. The van der Waals surface area contributed by atoms with E-state index in [1.165, 1.54) is 6.07 Å². The predicted octanol–water partition coefficient (Wildman–Crippen LogP) is 6.20. The van der Waals surface area contributed by atoms with Crippen LogP contribution in [-0.4, -0.2) is 5.91 Å². The molecule has 1 aliphatic heterocycles. The largest absolute Gasteiger partial charge is 0.489 e. The van der Waals surface area contributed by atoms with Gasteiger partial charge in [-0.15, -0.1) is 0 Å². The van der Waals surface area contributed by atoms with Crippen LogP contribution in [0.1, 0.15) is 16.7 Å². The number of carbonyl (C=O) groups excluding carboxylic acids is 1. The Balaban J connectivity index is 1.51. The lowest BCUT2D eigenvalue weighted by Gasteiger charge is -2.09. The summed E-state index contributed by atoms with van der Waals surface area (Å²) < 4.78 is 19.4. The van der Waals surface area contributed by atoms with Crippen LogP contribution >= 0.6 is 23.2 Å². The third-order valence-corrected chi connectivity index (χ3v) is 4.99. The van der Waals surface area contributed by atoms with Crippen LogP contribution in [0.3, 0.4) is 0 Å². The molecule has 0 unspecified atom stereocenters. The second-order valence-electron chi connectivity index (χ2n) is 6.26. The number of rotatable bonds is 4. The molecule has 0 spiro atoms. The number of fused-ring (bicyclic) bond motifs is 1. The van der Waals surface area contributed by atoms with E-state index in [1.807, 2.05) is 18.2 Å². The Hall–Kier alpha value is -2.82. The number of halogens is 3. The highest BCUT2D eigenvalue weighted by Gasteiger charge is 2.24. The Bertz CT molecular complexity index is 1070. The molecule has 0 saturated heterocycles. The summed E-state index contributed by atoms with van der Waals surface area (Å²) >= 11 is 12.0. The van der Waals surface area contributed by atoms with Gasteiger partial charge in [0, 0.05) is 21.7 Å². The van der Waals surface area contributed by atoms with Gasteiger partial charge in [-0.25, -0.2) is 4.39 Å². The summed E-state index contributed by atoms with van der Waals surface area (Å²) in [6.45, 7) is 0.0302. The standard InChI is InChI=1S/C22H14Cl2FNO2/c23-14-6-9-16-17(22(27)26-21(16)11-14)10-13-4-7-15(8-5-13)28-12-18-19(24)2-1-3-20(18)25/h1-11H,12H2,(H,26,27)/b17-10+. The van der Waals surface area contributed by atoms with Crippen molar-refractivity contribution in [3.8, 4) is 5.75 Å². The van der Waals surface area contributed by atoms with Crippen molar-refractivity contribution in [2.24, 2.45) is 0 Å². The van der Waals surface area contributed by atoms with E-state index in [9.17, 15) is 9.18 Å². The molecule has 1 heterocycles. The molecule has 0 aromatic heterocycles. The second kappa shape index (κ2) is 7.66. The maximum absolute atomic E-state index is 13.8. The molecule has 0 fully saturated rings. The summed E-state index contributed by atoms with van der Waals surface area (Å²) in [4.78, 5) is 12.2. The van der Waals surface area contributed by atoms with Gasteiger partial charge in [0.25, 0.3) is 5.91 Å². The summed E-state index contributed by atoms with van der Waals surface area (Å²) in [7, 11) is 0. The van der Waals surface area contributed by atoms with E-state index in [0.717, 1.165) is 11.1 Å². The highest BCUT2D eigenvalue weighted by molar-refractivity contribution is 6.36. The molecule has 3 nitrogen and oxygen atoms in total. The third kappa shape index (κ3) is 3.75. The van der Waals surface area contributed by atoms with Gasteiger partial charge in [0.1, 0.15) is 18.2 Å². The van der Waals surface area contributed by atoms with Crippen molar-refractivity contribution in [3.05, 3.63) is 93.2 Å². The van der Waals surface area contributed by atoms with Gasteiger partial charge < -0.3 is 10.1 Å². The number of hydrogen-bond donors (Lipinski definition) is 1. The highest BCUT2D eigenvalue weighted by Crippen LogP contribution is 2.35. The molecule has 0 aliphatic carbocycles. The number of ether oxygens (including phenoxy) is 1. The van der Waals surface area contributed by atoms with Crippen LogP contribution in [0.4, 0.5) is 10.1 Å². The van der Waals surface area contributed by atoms with Crippen LogP contribution in [0.15, 0.2) is 60.7 Å². The number of carbonyl (C=O) groups is 1. The molecule has 1 amide bonds. The Morgan fingerprint density at radius 3 is 2.57 bits per heavy atom. The van der Waals surface area contributed by atoms with Crippen LogP contribution < -0.4 is 10.1 Å². The minimum atomic E-state index is -0.403. The fraction of sp³-hybridized carbons (Fsp3) is 0.0455. The van der Waals surface area contributed by atoms with Crippen molar-refractivity contribution < 1.29 is 13.9 Å². The van der Waals surface area contributed by atoms with E-state index in [0.29, 0.717) is 32.6 Å². The van der Waals surface area contributed by atoms with Crippen molar-refractivity contribution in [1.29, 1.82) is 0 Å². The van der Waals surface area contributed by atoms with E-state index in [-0.39, 0.29) is 12.5 Å². The van der Waals surface area contributed by atoms with E-state index in [1.54, 1.807) is 42.5 Å². The lowest BCUT2D eigenvalue weighted by Crippen LogP contribution is -2.03. The van der Waals surface area contributed by atoms with Gasteiger partial charge in [-0.3, -0.25) is 4.79 Å². The third-order valence-electron chi connectivity index (χ3n) is 4.40. The summed E-state index contributed by atoms with van der Waals surface area (Å²) in [6, 6.07) is 17.0. The Labute approximate surface area is 171 Å². The van der Waals surface area contributed by atoms with Gasteiger partial charge in [0.05, 0.1) is 10.7 Å². The summed E-state index contributed by atoms with van der Waals surface area (Å²) in [6.07, 6.45) is 1.80. The minimum absolute atomic E-state index is 0.0302. The molecule has 4 rings (SSSR count). The topological polar surface area (TPSA) is 38.3 Å². The molecule has 140 valence electrons. The lowest BCUT2D eigenvalue weighted by molar-refractivity contribution is -0.110. The van der Waals surface area contributed by atoms with Crippen molar-refractivity contribution in [2.45, 2.75) is 6.61 Å². The van der Waals surface area contributed by atoms with Gasteiger partial charge in [-0.2, -0.15) is 0 Å². The first-order chi connectivity index (χ1) is 13.5. The fourth-order valence-corrected chi connectivity index (χ4v) is 3.35. The number of anilines is 1. The van der Waals surface area contributed by atoms with Gasteiger partial charge in [0.15, 0.2) is 0 Å². The molecule has 28 heavy (non-hydrogen) atoms. The second-order valence-corrected chi connectivity index (χ2v) is 7.10. The lowest BCUT2D eigenvalue weighted by atomic mass is 10.0. The molecule has 3 aromatic rings. The van der Waals surface area contributed by atoms with E-state index < -0.39 is 5.82 Å². The SMILES string of the molecule is O=C1Nc2cc(Cl)ccc2/C1=C\c1ccc(OCc2c(F)cccc2Cl)cc1. The average Bonchev–Trinajstić information content (AvgIpc) is 2.97. The number of nitrogens with one attached hydrogen (secondary N) is 1. The zero-order valence-electron chi connectivity index (χ0n) is 14.5. The molecule has 1 N–H and O–H groups in total. The first-order valence-electron chi connectivity index (χ1n) is 8.50. The number of amides is 1. The van der Waals surface area contributed by atoms with Crippen LogP contribution in [0.25, 0.3) is 11.6 Å². The first kappa shape index (κ1) is 18.5. The normalized spacial score (nSPS) is 14.1. The quantitative estimate of drug-likeness (QED) is 0.516. The van der Waals surface area contributed by atoms with Crippen LogP contribution in [0.2, 0.25) is 10.0 Å². The molecule has 0 bridgehead atoms. The van der Waals surface area contributed by atoms with Crippen molar-refractivity contribution in [3.63, 3.8) is 0 Å². The first-order valence-corrected chi connectivity index (χ1v) is 9.25. The van der Waals surface area contributed by atoms with Gasteiger partial charge in [-0.05, 0) is 48.0 Å². The van der Waals surface area contributed by atoms with Gasteiger partial charge in [0.2, 0.25) is 0 Å². The average molecular weight is 414 g/mol. The van der Waals surface area contributed by atoms with Crippen molar-refractivity contribution in [2.75, 3.05) is 5.32 Å².